The summed E-state index contributed by atoms with van der Waals surface area (Å²) in [6.07, 6.45) is 4.23. The number of likely N-dealkylation sites (tertiary alicyclic amines) is 1. The molecule has 0 saturated carbocycles. The molecule has 0 amide bonds. The number of carboxylic acids is 1. The van der Waals surface area contributed by atoms with Crippen molar-refractivity contribution in [3.63, 3.8) is 0 Å². The number of rotatable bonds is 6. The lowest BCUT2D eigenvalue weighted by Crippen LogP contribution is -2.24. The molecular weight excluding hydrogens is 240 g/mol. The number of nitrogens with zero attached hydrogens (tertiary/aromatic N) is 4. The van der Waals surface area contributed by atoms with Crippen molar-refractivity contribution in [2.75, 3.05) is 25.4 Å². The van der Waals surface area contributed by atoms with Gasteiger partial charge in [-0.25, -0.2) is 0 Å². The monoisotopic (exact) mass is 256 g/mol. The molecule has 17 heavy (non-hydrogen) atoms. The molecule has 1 aliphatic heterocycles. The number of aliphatic carboxylic acids is 1. The predicted octanol–water partition coefficient (Wildman–Crippen LogP) is 0.551. The molecule has 0 radical (unpaired) electrons. The van der Waals surface area contributed by atoms with Crippen LogP contribution in [0.25, 0.3) is 0 Å². The van der Waals surface area contributed by atoms with E-state index < -0.39 is 5.97 Å². The molecule has 1 aliphatic rings. The highest BCUT2D eigenvalue weighted by Crippen LogP contribution is 2.15. The summed E-state index contributed by atoms with van der Waals surface area (Å²) in [7, 11) is 0. The Bertz CT molecular complexity index is 376. The maximum Gasteiger partial charge on any atom is 0.313 e. The van der Waals surface area contributed by atoms with Crippen molar-refractivity contribution in [1.29, 1.82) is 0 Å². The lowest BCUT2D eigenvalue weighted by Gasteiger charge is -2.14. The molecule has 0 unspecified atom stereocenters. The molecular formula is C10H16N4O2S. The molecule has 0 bridgehead atoms. The Morgan fingerprint density at radius 2 is 2.18 bits per heavy atom. The Morgan fingerprint density at radius 1 is 1.41 bits per heavy atom. The zero-order valence-electron chi connectivity index (χ0n) is 9.58. The maximum atomic E-state index is 10.5. The zero-order chi connectivity index (χ0) is 12.1. The Balaban J connectivity index is 1.82. The maximum absolute atomic E-state index is 10.5. The lowest BCUT2D eigenvalue weighted by atomic mass is 10.4. The van der Waals surface area contributed by atoms with Crippen LogP contribution in [0.15, 0.2) is 11.5 Å². The number of carbonyl (C=O) groups is 1. The van der Waals surface area contributed by atoms with E-state index in [0.29, 0.717) is 5.16 Å². The minimum atomic E-state index is -0.830. The summed E-state index contributed by atoms with van der Waals surface area (Å²) in [4.78, 5) is 12.9. The first-order valence-corrected chi connectivity index (χ1v) is 6.69. The first-order chi connectivity index (χ1) is 8.25. The van der Waals surface area contributed by atoms with Crippen molar-refractivity contribution in [2.45, 2.75) is 24.5 Å². The van der Waals surface area contributed by atoms with E-state index in [9.17, 15) is 4.79 Å². The van der Waals surface area contributed by atoms with E-state index in [-0.39, 0.29) is 5.75 Å². The van der Waals surface area contributed by atoms with Crippen LogP contribution < -0.4 is 0 Å². The number of hydrogen-bond donors (Lipinski definition) is 1. The fourth-order valence-corrected chi connectivity index (χ4v) is 2.55. The van der Waals surface area contributed by atoms with Gasteiger partial charge >= 0.3 is 5.97 Å². The molecule has 0 spiro atoms. The summed E-state index contributed by atoms with van der Waals surface area (Å²) in [6, 6.07) is 0. The summed E-state index contributed by atoms with van der Waals surface area (Å²) in [5.41, 5.74) is 0. The molecule has 0 aliphatic carbocycles. The van der Waals surface area contributed by atoms with E-state index in [2.05, 4.69) is 15.1 Å². The van der Waals surface area contributed by atoms with Gasteiger partial charge in [-0.15, -0.1) is 10.2 Å². The van der Waals surface area contributed by atoms with E-state index in [4.69, 9.17) is 5.11 Å². The van der Waals surface area contributed by atoms with Crippen LogP contribution in [0, 0.1) is 0 Å². The number of hydrogen-bond acceptors (Lipinski definition) is 5. The van der Waals surface area contributed by atoms with Gasteiger partial charge in [0.1, 0.15) is 6.33 Å². The summed E-state index contributed by atoms with van der Waals surface area (Å²) in [5.74, 6) is -0.799. The normalized spacial score (nSPS) is 16.5. The van der Waals surface area contributed by atoms with Crippen LogP contribution in [0.5, 0.6) is 0 Å². The average Bonchev–Trinajstić information content (AvgIpc) is 2.95. The topological polar surface area (TPSA) is 71.2 Å². The van der Waals surface area contributed by atoms with Crippen LogP contribution in [-0.4, -0.2) is 56.1 Å². The van der Waals surface area contributed by atoms with Gasteiger partial charge in [0.25, 0.3) is 0 Å². The second-order valence-electron chi connectivity index (χ2n) is 4.04. The fourth-order valence-electron chi connectivity index (χ4n) is 1.89. The molecule has 6 nitrogen and oxygen atoms in total. The third-order valence-electron chi connectivity index (χ3n) is 2.76. The Kier molecular flexibility index (Phi) is 4.38. The summed E-state index contributed by atoms with van der Waals surface area (Å²) in [5, 5.41) is 17.1. The van der Waals surface area contributed by atoms with Crippen LogP contribution in [0.2, 0.25) is 0 Å². The molecule has 2 heterocycles. The van der Waals surface area contributed by atoms with E-state index in [0.717, 1.165) is 13.1 Å². The Labute approximate surface area is 104 Å². The van der Waals surface area contributed by atoms with E-state index in [1.807, 2.05) is 4.57 Å². The van der Waals surface area contributed by atoms with Crippen molar-refractivity contribution >= 4 is 17.7 Å². The minimum Gasteiger partial charge on any atom is -0.481 e. The van der Waals surface area contributed by atoms with Crippen molar-refractivity contribution in [3.05, 3.63) is 6.33 Å². The first kappa shape index (κ1) is 12.4. The average molecular weight is 256 g/mol. The van der Waals surface area contributed by atoms with Crippen LogP contribution >= 0.6 is 11.8 Å². The highest BCUT2D eigenvalue weighted by atomic mass is 32.2. The molecule has 0 aromatic carbocycles. The molecule has 1 aromatic rings. The third-order valence-corrected chi connectivity index (χ3v) is 3.73. The molecule has 0 atom stereocenters. The molecule has 7 heteroatoms. The molecule has 2 rings (SSSR count). The van der Waals surface area contributed by atoms with Crippen molar-refractivity contribution in [3.8, 4) is 0 Å². The summed E-state index contributed by atoms with van der Waals surface area (Å²) in [6.45, 7) is 4.15. The largest absolute Gasteiger partial charge is 0.481 e. The van der Waals surface area contributed by atoms with Gasteiger partial charge in [-0.2, -0.15) is 0 Å². The van der Waals surface area contributed by atoms with Crippen LogP contribution in [0.4, 0.5) is 0 Å². The van der Waals surface area contributed by atoms with Crippen LogP contribution in [-0.2, 0) is 11.3 Å². The quantitative estimate of drug-likeness (QED) is 0.749. The van der Waals surface area contributed by atoms with E-state index in [1.54, 1.807) is 6.33 Å². The lowest BCUT2D eigenvalue weighted by molar-refractivity contribution is -0.133. The second-order valence-corrected chi connectivity index (χ2v) is 4.98. The van der Waals surface area contributed by atoms with Gasteiger partial charge in [-0.3, -0.25) is 4.79 Å². The highest BCUT2D eigenvalue weighted by molar-refractivity contribution is 7.99. The van der Waals surface area contributed by atoms with Crippen molar-refractivity contribution in [2.24, 2.45) is 0 Å². The van der Waals surface area contributed by atoms with Gasteiger partial charge in [-0.1, -0.05) is 11.8 Å². The molecule has 1 saturated heterocycles. The van der Waals surface area contributed by atoms with Crippen molar-refractivity contribution in [1.82, 2.24) is 19.7 Å². The molecule has 1 N–H and O–H groups in total. The molecule has 94 valence electrons. The highest BCUT2D eigenvalue weighted by Gasteiger charge is 2.12. The Morgan fingerprint density at radius 3 is 2.88 bits per heavy atom. The summed E-state index contributed by atoms with van der Waals surface area (Å²) >= 11 is 1.22. The number of aromatic nitrogens is 3. The van der Waals surface area contributed by atoms with Gasteiger partial charge in [0.15, 0.2) is 5.16 Å². The number of thioether (sulfide) groups is 1. The van der Waals surface area contributed by atoms with Crippen LogP contribution in [0.1, 0.15) is 12.8 Å². The first-order valence-electron chi connectivity index (χ1n) is 5.70. The van der Waals surface area contributed by atoms with E-state index in [1.165, 1.54) is 37.7 Å². The zero-order valence-corrected chi connectivity index (χ0v) is 10.4. The Hall–Kier alpha value is -1.08. The number of carboxylic acid groups (broad SMARTS) is 1. The van der Waals surface area contributed by atoms with Gasteiger partial charge in [0, 0.05) is 13.1 Å². The SMILES string of the molecule is O=C(O)CSc1nncn1CCN1CCCC1. The van der Waals surface area contributed by atoms with Gasteiger partial charge < -0.3 is 14.6 Å². The third kappa shape index (κ3) is 3.71. The van der Waals surface area contributed by atoms with Gasteiger partial charge in [0.2, 0.25) is 0 Å². The standard InChI is InChI=1S/C10H16N4O2S/c15-9(16)7-17-10-12-11-8-14(10)6-5-13-3-1-2-4-13/h8H,1-7H2,(H,15,16). The summed E-state index contributed by atoms with van der Waals surface area (Å²) < 4.78 is 1.92. The predicted molar refractivity (Wildman–Crippen MR) is 64.1 cm³/mol. The smallest absolute Gasteiger partial charge is 0.313 e. The molecule has 1 aromatic heterocycles. The van der Waals surface area contributed by atoms with Crippen molar-refractivity contribution < 1.29 is 9.90 Å². The van der Waals surface area contributed by atoms with E-state index >= 15 is 0 Å². The molecule has 1 fully saturated rings. The second kappa shape index (κ2) is 6.02. The fraction of sp³-hybridized carbons (Fsp3) is 0.700. The van der Waals surface area contributed by atoms with Gasteiger partial charge in [-0.05, 0) is 25.9 Å². The van der Waals surface area contributed by atoms with Gasteiger partial charge in [0.05, 0.1) is 5.75 Å². The van der Waals surface area contributed by atoms with Crippen LogP contribution in [0.3, 0.4) is 0 Å². The minimum absolute atomic E-state index is 0.0302.